The van der Waals surface area contributed by atoms with Gasteiger partial charge < -0.3 is 23.8 Å². The number of morpholine rings is 1. The lowest BCUT2D eigenvalue weighted by Crippen LogP contribution is -2.44. The van der Waals surface area contributed by atoms with Crippen LogP contribution in [0.2, 0.25) is 0 Å². The van der Waals surface area contributed by atoms with Crippen molar-refractivity contribution in [2.75, 3.05) is 42.7 Å². The molecule has 10 heteroatoms. The largest absolute Gasteiger partial charge is 0.377 e. The maximum atomic E-state index is 6.09. The average molecular weight is 501 g/mol. The fraction of sp³-hybridized carbons (Fsp3) is 0.481. The summed E-state index contributed by atoms with van der Waals surface area (Å²) in [6, 6.07) is 6.61. The molecule has 2 atom stereocenters. The number of hydrogen-bond acceptors (Lipinski definition) is 8. The van der Waals surface area contributed by atoms with E-state index in [1.165, 1.54) is 0 Å². The van der Waals surface area contributed by atoms with Gasteiger partial charge in [-0.2, -0.15) is 5.10 Å². The van der Waals surface area contributed by atoms with Crippen LogP contribution in [0.25, 0.3) is 22.3 Å². The van der Waals surface area contributed by atoms with E-state index >= 15 is 0 Å². The van der Waals surface area contributed by atoms with E-state index in [9.17, 15) is 0 Å². The van der Waals surface area contributed by atoms with Gasteiger partial charge >= 0.3 is 0 Å². The summed E-state index contributed by atoms with van der Waals surface area (Å²) in [5, 5.41) is 5.74. The second-order valence-electron chi connectivity index (χ2n) is 10.1. The quantitative estimate of drug-likeness (QED) is 0.420. The van der Waals surface area contributed by atoms with E-state index in [1.807, 2.05) is 29.3 Å². The van der Waals surface area contributed by atoms with Crippen molar-refractivity contribution in [3.63, 3.8) is 0 Å². The van der Waals surface area contributed by atoms with Crippen LogP contribution in [0.5, 0.6) is 0 Å². The molecule has 2 saturated heterocycles. The van der Waals surface area contributed by atoms with Crippen molar-refractivity contribution in [3.05, 3.63) is 48.8 Å². The summed E-state index contributed by atoms with van der Waals surface area (Å²) in [6.45, 7) is 7.75. The normalized spacial score (nSPS) is 22.4. The number of rotatable bonds is 4. The Bertz CT molecular complexity index is 1410. The van der Waals surface area contributed by atoms with Gasteiger partial charge in [0.15, 0.2) is 6.23 Å². The highest BCUT2D eigenvalue weighted by Crippen LogP contribution is 2.37. The molecule has 4 aromatic heterocycles. The minimum Gasteiger partial charge on any atom is -0.377 e. The zero-order chi connectivity index (χ0) is 24.8. The first-order valence-electron chi connectivity index (χ1n) is 13.3. The Morgan fingerprint density at radius 3 is 2.86 bits per heavy atom. The fourth-order valence-corrected chi connectivity index (χ4v) is 5.81. The molecule has 0 aromatic carbocycles. The molecule has 0 aliphatic carbocycles. The topological polar surface area (TPSA) is 86.4 Å². The van der Waals surface area contributed by atoms with E-state index in [1.54, 1.807) is 0 Å². The Hall–Kier alpha value is -3.50. The van der Waals surface area contributed by atoms with Crippen molar-refractivity contribution in [2.45, 2.75) is 51.5 Å². The Labute approximate surface area is 215 Å². The first-order chi connectivity index (χ1) is 18.3. The molecule has 0 bridgehead atoms. The van der Waals surface area contributed by atoms with E-state index in [0.717, 1.165) is 91.7 Å². The molecule has 4 aromatic rings. The number of ether oxygens (including phenoxy) is 2. The van der Waals surface area contributed by atoms with Crippen LogP contribution < -0.4 is 9.80 Å². The SMILES string of the molecule is C[C@@H]1COCCN1c1cc(N2CCn3ccnc3C2)c2ccnc(-c3ccnn3C3CCCCO3)c2n1. The number of anilines is 2. The van der Waals surface area contributed by atoms with Gasteiger partial charge in [-0.1, -0.05) is 0 Å². The Morgan fingerprint density at radius 1 is 1.00 bits per heavy atom. The van der Waals surface area contributed by atoms with Gasteiger partial charge in [0, 0.05) is 62.5 Å². The summed E-state index contributed by atoms with van der Waals surface area (Å²) in [7, 11) is 0. The molecule has 2 fully saturated rings. The summed E-state index contributed by atoms with van der Waals surface area (Å²) in [6.07, 6.45) is 10.8. The predicted octanol–water partition coefficient (Wildman–Crippen LogP) is 3.63. The number of fused-ring (bicyclic) bond motifs is 2. The summed E-state index contributed by atoms with van der Waals surface area (Å²) in [5.41, 5.74) is 3.83. The minimum absolute atomic E-state index is 0.0707. The standard InChI is InChI=1S/C27H32N8O2/c1-19-18-36-15-13-34(19)23-16-22(33-12-11-32-10-9-28-24(32)17-33)20-5-7-29-27(26(20)31-23)21-6-8-30-35(21)25-4-2-3-14-37-25/h5-10,16,19,25H,2-4,11-15,17-18H2,1H3/t19-,25?/m1/s1. The number of aromatic nitrogens is 6. The molecule has 3 aliphatic heterocycles. The maximum Gasteiger partial charge on any atom is 0.150 e. The number of hydrogen-bond donors (Lipinski definition) is 0. The molecular weight excluding hydrogens is 468 g/mol. The number of nitrogens with zero attached hydrogens (tertiary/aromatic N) is 8. The molecule has 0 amide bonds. The maximum absolute atomic E-state index is 6.09. The second-order valence-corrected chi connectivity index (χ2v) is 10.1. The van der Waals surface area contributed by atoms with Crippen LogP contribution in [0.3, 0.4) is 0 Å². The van der Waals surface area contributed by atoms with Crippen molar-refractivity contribution in [1.29, 1.82) is 0 Å². The van der Waals surface area contributed by atoms with E-state index < -0.39 is 0 Å². The molecule has 0 spiro atoms. The summed E-state index contributed by atoms with van der Waals surface area (Å²) in [4.78, 5) is 19.5. The molecule has 37 heavy (non-hydrogen) atoms. The van der Waals surface area contributed by atoms with Crippen molar-refractivity contribution < 1.29 is 9.47 Å². The summed E-state index contributed by atoms with van der Waals surface area (Å²) in [5.74, 6) is 2.04. The number of imidazole rings is 1. The van der Waals surface area contributed by atoms with Gasteiger partial charge in [-0.15, -0.1) is 0 Å². The van der Waals surface area contributed by atoms with Crippen molar-refractivity contribution in [2.24, 2.45) is 0 Å². The zero-order valence-corrected chi connectivity index (χ0v) is 21.2. The van der Waals surface area contributed by atoms with Gasteiger partial charge in [0.25, 0.3) is 0 Å². The highest BCUT2D eigenvalue weighted by molar-refractivity contribution is 6.00. The first kappa shape index (κ1) is 22.7. The van der Waals surface area contributed by atoms with Gasteiger partial charge in [-0.25, -0.2) is 14.6 Å². The third kappa shape index (κ3) is 4.04. The van der Waals surface area contributed by atoms with Crippen LogP contribution in [-0.2, 0) is 22.6 Å². The Morgan fingerprint density at radius 2 is 1.97 bits per heavy atom. The fourth-order valence-electron chi connectivity index (χ4n) is 5.81. The van der Waals surface area contributed by atoms with Gasteiger partial charge in [-0.05, 0) is 38.3 Å². The number of pyridine rings is 2. The van der Waals surface area contributed by atoms with Gasteiger partial charge in [0.2, 0.25) is 0 Å². The van der Waals surface area contributed by atoms with E-state index in [2.05, 4.69) is 49.7 Å². The predicted molar refractivity (Wildman–Crippen MR) is 141 cm³/mol. The Kier molecular flexibility index (Phi) is 5.78. The third-order valence-electron chi connectivity index (χ3n) is 7.78. The Balaban J connectivity index is 1.39. The van der Waals surface area contributed by atoms with Crippen molar-refractivity contribution in [1.82, 2.24) is 29.3 Å². The molecule has 7 heterocycles. The molecule has 7 rings (SSSR count). The van der Waals surface area contributed by atoms with Gasteiger partial charge in [0.05, 0.1) is 37.2 Å². The molecule has 1 unspecified atom stereocenters. The highest BCUT2D eigenvalue weighted by Gasteiger charge is 2.27. The van der Waals surface area contributed by atoms with Crippen molar-refractivity contribution in [3.8, 4) is 11.4 Å². The lowest BCUT2D eigenvalue weighted by Gasteiger charge is -2.36. The summed E-state index contributed by atoms with van der Waals surface area (Å²) >= 11 is 0. The molecular formula is C27H32N8O2. The molecule has 192 valence electrons. The van der Waals surface area contributed by atoms with Gasteiger partial charge in [-0.3, -0.25) is 4.98 Å². The molecule has 0 N–H and O–H groups in total. The lowest BCUT2D eigenvalue weighted by molar-refractivity contribution is -0.0383. The van der Waals surface area contributed by atoms with E-state index in [0.29, 0.717) is 13.2 Å². The molecule has 10 nitrogen and oxygen atoms in total. The first-order valence-corrected chi connectivity index (χ1v) is 13.3. The molecule has 3 aliphatic rings. The van der Waals surface area contributed by atoms with E-state index in [4.69, 9.17) is 19.4 Å². The van der Waals surface area contributed by atoms with Crippen LogP contribution in [0.1, 0.15) is 38.2 Å². The van der Waals surface area contributed by atoms with E-state index in [-0.39, 0.29) is 12.3 Å². The summed E-state index contributed by atoms with van der Waals surface area (Å²) < 4.78 is 16.0. The highest BCUT2D eigenvalue weighted by atomic mass is 16.5. The smallest absolute Gasteiger partial charge is 0.150 e. The van der Waals surface area contributed by atoms with Crippen LogP contribution in [0, 0.1) is 0 Å². The van der Waals surface area contributed by atoms with Crippen LogP contribution in [0.4, 0.5) is 11.5 Å². The van der Waals surface area contributed by atoms with Crippen LogP contribution in [0.15, 0.2) is 43.0 Å². The average Bonchev–Trinajstić information content (AvgIpc) is 3.62. The van der Waals surface area contributed by atoms with Crippen LogP contribution in [-0.4, -0.2) is 68.3 Å². The lowest BCUT2D eigenvalue weighted by atomic mass is 10.1. The minimum atomic E-state index is -0.0707. The molecule has 0 saturated carbocycles. The molecule has 0 radical (unpaired) electrons. The monoisotopic (exact) mass is 500 g/mol. The second kappa shape index (κ2) is 9.42. The zero-order valence-electron chi connectivity index (χ0n) is 21.2. The van der Waals surface area contributed by atoms with Crippen LogP contribution >= 0.6 is 0 Å². The third-order valence-corrected chi connectivity index (χ3v) is 7.78. The van der Waals surface area contributed by atoms with Crippen molar-refractivity contribution >= 4 is 22.4 Å². The van der Waals surface area contributed by atoms with Gasteiger partial charge in [0.1, 0.15) is 22.9 Å².